The summed E-state index contributed by atoms with van der Waals surface area (Å²) in [5.41, 5.74) is 0. The van der Waals surface area contributed by atoms with Crippen LogP contribution in [0.3, 0.4) is 0 Å². The first-order chi connectivity index (χ1) is 9.20. The fourth-order valence-corrected chi connectivity index (χ4v) is 1.84. The van der Waals surface area contributed by atoms with Gasteiger partial charge in [0.2, 0.25) is 5.78 Å². The second-order valence-electron chi connectivity index (χ2n) is 4.82. The molecule has 0 aliphatic rings. The smallest absolute Gasteiger partial charge is 0.306 e. The Hall–Kier alpha value is -1.19. The van der Waals surface area contributed by atoms with Crippen LogP contribution in [0, 0.1) is 0 Å². The Morgan fingerprint density at radius 1 is 0.895 bits per heavy atom. The molecule has 0 heterocycles. The molecular weight excluding hydrogens is 244 g/mol. The van der Waals surface area contributed by atoms with Crippen LogP contribution in [0.2, 0.25) is 0 Å². The molecule has 0 aliphatic heterocycles. The van der Waals surface area contributed by atoms with Crippen molar-refractivity contribution >= 4 is 18.0 Å². The van der Waals surface area contributed by atoms with Gasteiger partial charge in [-0.1, -0.05) is 58.3 Å². The number of unbranched alkanes of at least 4 members (excludes halogenated alkanes) is 8. The van der Waals surface area contributed by atoms with Crippen molar-refractivity contribution in [1.82, 2.24) is 0 Å². The van der Waals surface area contributed by atoms with Crippen LogP contribution in [0.5, 0.6) is 0 Å². The van der Waals surface area contributed by atoms with Gasteiger partial charge in [0, 0.05) is 6.42 Å². The number of hydrogen-bond donors (Lipinski definition) is 0. The van der Waals surface area contributed by atoms with Gasteiger partial charge in [0.05, 0.1) is 0 Å². The van der Waals surface area contributed by atoms with Gasteiger partial charge >= 0.3 is 5.97 Å². The minimum Gasteiger partial charge on any atom is -0.457 e. The van der Waals surface area contributed by atoms with Crippen molar-refractivity contribution in [2.24, 2.45) is 0 Å². The lowest BCUT2D eigenvalue weighted by atomic mass is 10.1. The number of hydrogen-bond acceptors (Lipinski definition) is 4. The second-order valence-corrected chi connectivity index (χ2v) is 4.82. The van der Waals surface area contributed by atoms with Crippen molar-refractivity contribution in [2.75, 3.05) is 6.61 Å². The minimum absolute atomic E-state index is 0.172. The number of carbonyl (C=O) groups excluding carboxylic acids is 3. The molecule has 0 aromatic rings. The van der Waals surface area contributed by atoms with Gasteiger partial charge in [0.1, 0.15) is 0 Å². The summed E-state index contributed by atoms with van der Waals surface area (Å²) in [5, 5.41) is 0. The van der Waals surface area contributed by atoms with Crippen molar-refractivity contribution in [3.05, 3.63) is 0 Å². The van der Waals surface area contributed by atoms with E-state index in [1.807, 2.05) is 0 Å². The standard InChI is InChI=1S/C15H26O4/c1-2-3-4-5-6-7-8-9-10-11-15(18)19-13-14(17)12-16/h12H,2-11,13H2,1H3. The molecule has 0 saturated carbocycles. The maximum absolute atomic E-state index is 11.2. The molecule has 4 heteroatoms. The summed E-state index contributed by atoms with van der Waals surface area (Å²) in [7, 11) is 0. The number of ketones is 1. The van der Waals surface area contributed by atoms with E-state index in [0.717, 1.165) is 19.3 Å². The van der Waals surface area contributed by atoms with Crippen molar-refractivity contribution in [2.45, 2.75) is 71.1 Å². The Morgan fingerprint density at radius 3 is 1.95 bits per heavy atom. The van der Waals surface area contributed by atoms with Gasteiger partial charge in [-0.25, -0.2) is 0 Å². The predicted octanol–water partition coefficient (Wildman–Crippen LogP) is 3.22. The zero-order chi connectivity index (χ0) is 14.3. The first-order valence-corrected chi connectivity index (χ1v) is 7.34. The average Bonchev–Trinajstić information content (AvgIpc) is 2.42. The van der Waals surface area contributed by atoms with Crippen LogP contribution in [0.15, 0.2) is 0 Å². The van der Waals surface area contributed by atoms with Gasteiger partial charge in [0.25, 0.3) is 0 Å². The molecule has 0 radical (unpaired) electrons. The van der Waals surface area contributed by atoms with Crippen molar-refractivity contribution in [3.63, 3.8) is 0 Å². The van der Waals surface area contributed by atoms with Gasteiger partial charge < -0.3 is 4.74 Å². The van der Waals surface area contributed by atoms with Gasteiger partial charge in [-0.15, -0.1) is 0 Å². The van der Waals surface area contributed by atoms with Crippen LogP contribution in [0.25, 0.3) is 0 Å². The number of aldehydes is 1. The van der Waals surface area contributed by atoms with E-state index < -0.39 is 18.4 Å². The Bertz CT molecular complexity index is 261. The summed E-state index contributed by atoms with van der Waals surface area (Å²) < 4.78 is 4.65. The summed E-state index contributed by atoms with van der Waals surface area (Å²) in [6.07, 6.45) is 11.2. The molecule has 0 fully saturated rings. The third kappa shape index (κ3) is 13.0. The third-order valence-corrected chi connectivity index (χ3v) is 2.99. The molecule has 0 aromatic carbocycles. The zero-order valence-electron chi connectivity index (χ0n) is 12.0. The SMILES string of the molecule is CCCCCCCCCCCC(=O)OCC(=O)C=O. The molecule has 0 amide bonds. The fourth-order valence-electron chi connectivity index (χ4n) is 1.84. The fraction of sp³-hybridized carbons (Fsp3) is 0.800. The van der Waals surface area contributed by atoms with Crippen LogP contribution >= 0.6 is 0 Å². The lowest BCUT2D eigenvalue weighted by molar-refractivity contribution is -0.148. The van der Waals surface area contributed by atoms with Gasteiger partial charge in [-0.05, 0) is 6.42 Å². The monoisotopic (exact) mass is 270 g/mol. The highest BCUT2D eigenvalue weighted by atomic mass is 16.5. The van der Waals surface area contributed by atoms with Crippen LogP contribution in [0.4, 0.5) is 0 Å². The summed E-state index contributed by atoms with van der Waals surface area (Å²) in [6, 6.07) is 0. The van der Waals surface area contributed by atoms with E-state index in [9.17, 15) is 14.4 Å². The molecule has 0 atom stereocenters. The average molecular weight is 270 g/mol. The van der Waals surface area contributed by atoms with E-state index in [2.05, 4.69) is 11.7 Å². The molecular formula is C15H26O4. The molecule has 0 aliphatic carbocycles. The van der Waals surface area contributed by atoms with Crippen molar-refractivity contribution in [3.8, 4) is 0 Å². The Morgan fingerprint density at radius 2 is 1.42 bits per heavy atom. The van der Waals surface area contributed by atoms with Crippen molar-refractivity contribution < 1.29 is 19.1 Å². The number of ether oxygens (including phenoxy) is 1. The molecule has 110 valence electrons. The van der Waals surface area contributed by atoms with Crippen molar-refractivity contribution in [1.29, 1.82) is 0 Å². The molecule has 0 unspecified atom stereocenters. The van der Waals surface area contributed by atoms with E-state index in [1.165, 1.54) is 38.5 Å². The Labute approximate surface area is 115 Å². The highest BCUT2D eigenvalue weighted by Crippen LogP contribution is 2.10. The molecule has 0 rings (SSSR count). The topological polar surface area (TPSA) is 60.4 Å². The van der Waals surface area contributed by atoms with Gasteiger partial charge in [0.15, 0.2) is 12.9 Å². The molecule has 19 heavy (non-hydrogen) atoms. The lowest BCUT2D eigenvalue weighted by Gasteiger charge is -2.03. The zero-order valence-corrected chi connectivity index (χ0v) is 12.0. The molecule has 0 spiro atoms. The third-order valence-electron chi connectivity index (χ3n) is 2.99. The molecule has 0 bridgehead atoms. The Kier molecular flexibility index (Phi) is 12.4. The van der Waals surface area contributed by atoms with Gasteiger partial charge in [-0.2, -0.15) is 0 Å². The summed E-state index contributed by atoms with van der Waals surface area (Å²) in [4.78, 5) is 31.8. The second kappa shape index (κ2) is 13.2. The molecule has 0 aromatic heterocycles. The molecule has 4 nitrogen and oxygen atoms in total. The number of Topliss-reactive ketones (excluding diaryl/α,β-unsaturated/α-hetero) is 1. The molecule has 0 saturated heterocycles. The quantitative estimate of drug-likeness (QED) is 0.223. The lowest BCUT2D eigenvalue weighted by Crippen LogP contribution is -2.14. The van der Waals surface area contributed by atoms with E-state index in [1.54, 1.807) is 0 Å². The number of rotatable bonds is 13. The summed E-state index contributed by atoms with van der Waals surface area (Å²) in [5.74, 6) is -1.08. The van der Waals surface area contributed by atoms with E-state index in [-0.39, 0.29) is 6.29 Å². The van der Waals surface area contributed by atoms with Gasteiger partial charge in [-0.3, -0.25) is 14.4 Å². The maximum atomic E-state index is 11.2. The summed E-state index contributed by atoms with van der Waals surface area (Å²) in [6.45, 7) is 1.79. The number of carbonyl (C=O) groups is 3. The number of esters is 1. The largest absolute Gasteiger partial charge is 0.457 e. The van der Waals surface area contributed by atoms with E-state index >= 15 is 0 Å². The first kappa shape index (κ1) is 17.8. The van der Waals surface area contributed by atoms with Crippen LogP contribution < -0.4 is 0 Å². The minimum atomic E-state index is -0.694. The first-order valence-electron chi connectivity index (χ1n) is 7.34. The maximum Gasteiger partial charge on any atom is 0.306 e. The molecule has 0 N–H and O–H groups in total. The van der Waals surface area contributed by atoms with E-state index in [4.69, 9.17) is 0 Å². The van der Waals surface area contributed by atoms with Crippen LogP contribution in [0.1, 0.15) is 71.1 Å². The van der Waals surface area contributed by atoms with Crippen LogP contribution in [-0.4, -0.2) is 24.6 Å². The highest BCUT2D eigenvalue weighted by Gasteiger charge is 2.05. The summed E-state index contributed by atoms with van der Waals surface area (Å²) >= 11 is 0. The highest BCUT2D eigenvalue weighted by molar-refractivity contribution is 6.25. The normalized spacial score (nSPS) is 10.2. The van der Waals surface area contributed by atoms with Crippen LogP contribution in [-0.2, 0) is 19.1 Å². The van der Waals surface area contributed by atoms with E-state index in [0.29, 0.717) is 6.42 Å². The Balaban J connectivity index is 3.23. The predicted molar refractivity (Wildman–Crippen MR) is 73.9 cm³/mol.